The minimum Gasteiger partial charge on any atom is -0.480 e. The van der Waals surface area contributed by atoms with Gasteiger partial charge < -0.3 is 56.2 Å². The van der Waals surface area contributed by atoms with E-state index in [2.05, 4.69) is 218 Å². The summed E-state index contributed by atoms with van der Waals surface area (Å²) in [6.45, 7) is 15.7. The van der Waals surface area contributed by atoms with Crippen LogP contribution in [-0.2, 0) is 161 Å². The van der Waals surface area contributed by atoms with Crippen molar-refractivity contribution in [3.05, 3.63) is 143 Å². The molecule has 11 aromatic rings. The fourth-order valence-electron chi connectivity index (χ4n) is 12.3. The number of aromatic nitrogens is 14. The van der Waals surface area contributed by atoms with E-state index in [0.29, 0.717) is 67.8 Å². The second kappa shape index (κ2) is 64.0. The first-order valence-corrected chi connectivity index (χ1v) is 57.3. The summed E-state index contributed by atoms with van der Waals surface area (Å²) in [5.41, 5.74) is 8.72. The molecule has 782 valence electrons. The Kier molecular flexibility index (Phi) is 58.9. The van der Waals surface area contributed by atoms with Gasteiger partial charge in [-0.3, -0.25) is 52.7 Å². The number of nitrogen functional groups attached to an aromatic ring is 1. The molecule has 0 aliphatic carbocycles. The van der Waals surface area contributed by atoms with Crippen molar-refractivity contribution in [1.82, 2.24) is 89.0 Å². The average Bonchev–Trinajstić information content (AvgIpc) is 1.63. The summed E-state index contributed by atoms with van der Waals surface area (Å²) in [5, 5.41) is 47.1. The number of aliphatic carboxylic acids is 2. The van der Waals surface area contributed by atoms with Crippen molar-refractivity contribution in [3.63, 3.8) is 0 Å². The lowest BCUT2D eigenvalue weighted by molar-refractivity contribution is -0.142. The highest BCUT2D eigenvalue weighted by molar-refractivity contribution is 9.11. The second-order valence-corrected chi connectivity index (χ2v) is 46.1. The lowest BCUT2D eigenvalue weighted by atomic mass is 10.0. The van der Waals surface area contributed by atoms with Gasteiger partial charge in [-0.25, -0.2) is 85.2 Å². The van der Waals surface area contributed by atoms with E-state index in [4.69, 9.17) is 25.4 Å². The van der Waals surface area contributed by atoms with Crippen molar-refractivity contribution in [1.29, 1.82) is 0 Å². The van der Waals surface area contributed by atoms with Crippen LogP contribution < -0.4 is 27.0 Å². The molecule has 2 aromatic carbocycles. The number of benzene rings is 2. The molecule has 15 rings (SSSR count). The number of Topliss-reactive ketones (excluding diaryl/α,β-unsaturated/α-hetero) is 2. The zero-order valence-corrected chi connectivity index (χ0v) is 97.9. The summed E-state index contributed by atoms with van der Waals surface area (Å²) in [7, 11) is 6.50. The van der Waals surface area contributed by atoms with Crippen LogP contribution in [0.2, 0.25) is 0 Å². The van der Waals surface area contributed by atoms with E-state index in [1.54, 1.807) is 121 Å². The molecule has 64 heteroatoms. The number of ketones is 2. The number of amides is 6. The summed E-state index contributed by atoms with van der Waals surface area (Å²) < 4.78 is 90.2. The van der Waals surface area contributed by atoms with Crippen LogP contribution in [0.3, 0.4) is 0 Å². The molecule has 0 bridgehead atoms. The van der Waals surface area contributed by atoms with E-state index in [1.807, 2.05) is 47.5 Å². The standard InChI is InChI=1S/C24H21BrFN7O3S.C16H14N4O3.C13H17BrFN3O3S.C10H16FNO4.C8H9BrFN3OS.C4H6N2.C3H3BrN2S.CH3ClO2S.2ClH.S4.S3.S2.H2S/c1-12(34)22-17-5-14(15-7-27-13(2)28-8-15)3-4-18(17)33(31-22)10-21(35)32-9-16(26)6-19(32)23(36)30-24-29-20(25)11-37-24;1-9(21)16-13-5-11(12-6-17-10(2)18-7-12)3-4-14(13)20(19-16)8-15(22)23;1-13(2,3)21-12(20)18-5-7(15)4-8(18)10(19)17-11-16-9(14)6-22-11;1-10(2,3)16-9(15)12-5-6(11)4-7(12)8(13)14;9-6-3-15-8(12-6)13-7(14)5-1-4(10)2-11-5;1-6-3-2-5-4-6;4-2-1-7-3(5)6-2;1-5(2,3)4;;;1-3-4-2;1-3-2;1-2;/h3-5,7-8,11,16,19H,6,9-10H2,1-2H3,(H,29,30,36);3-7H,8H2,1-2H3,(H,22,23);6-8H,4-5H2,1-3H3,(H,16,17,19);6-7H,4-5H2,1-3H3,(H,13,14);3-5,11H,1-2H2,(H,12,13,14);2-4H,1H3;1H,(H2,5,6);1H3;2*1H;;;;1H2/t16-,19+;;7-,8+;6-,7+;4-,5+;;;;;;;;;/m1.111........./s1. The molecule has 0 radical (unpaired) electrons. The largest absolute Gasteiger partial charge is 0.480 e. The number of hydrogen-bond donors (Lipinski definition) is 7. The molecule has 4 aliphatic heterocycles. The third-order valence-corrected chi connectivity index (χ3v) is 25.9. The highest BCUT2D eigenvalue weighted by Crippen LogP contribution is 2.33. The van der Waals surface area contributed by atoms with Gasteiger partial charge in [0.15, 0.2) is 32.1 Å². The average molecular weight is 2590 g/mol. The number of thiazole rings is 4. The molecular formula is C79H93Br4Cl3F4N22O16S15. The Hall–Kier alpha value is -7.48. The van der Waals surface area contributed by atoms with E-state index in [0.717, 1.165) is 51.8 Å². The highest BCUT2D eigenvalue weighted by atomic mass is 79.9. The van der Waals surface area contributed by atoms with Crippen molar-refractivity contribution < 1.29 is 93.6 Å². The molecule has 0 saturated carbocycles. The Balaban J connectivity index is 0.000000578. The van der Waals surface area contributed by atoms with Gasteiger partial charge in [0.2, 0.25) is 32.7 Å². The zero-order chi connectivity index (χ0) is 105. The number of rotatable bonds is 15. The third-order valence-electron chi connectivity index (χ3n) is 17.9. The van der Waals surface area contributed by atoms with Crippen LogP contribution in [0.4, 0.5) is 47.7 Å². The molecule has 9 aromatic heterocycles. The number of halogens is 11. The number of carboxylic acids is 2. The summed E-state index contributed by atoms with van der Waals surface area (Å²) in [5.74, 6) is -3.04. The molecule has 4 saturated heterocycles. The molecule has 8 N–H and O–H groups in total. The van der Waals surface area contributed by atoms with Crippen molar-refractivity contribution in [2.24, 2.45) is 7.05 Å². The zero-order valence-electron chi connectivity index (χ0n) is 76.7. The first-order chi connectivity index (χ1) is 65.7. The van der Waals surface area contributed by atoms with Crippen molar-refractivity contribution in [2.45, 2.75) is 168 Å². The van der Waals surface area contributed by atoms with Crippen molar-refractivity contribution in [3.8, 4) is 22.3 Å². The van der Waals surface area contributed by atoms with Gasteiger partial charge in [-0.2, -0.15) is 23.7 Å². The number of nitrogens with two attached hydrogens (primary N) is 1. The van der Waals surface area contributed by atoms with Crippen molar-refractivity contribution >= 4 is 363 Å². The summed E-state index contributed by atoms with van der Waals surface area (Å²) in [6.07, 6.45) is 6.77. The minimum absolute atomic E-state index is 0. The van der Waals surface area contributed by atoms with Gasteiger partial charge in [-0.05, 0) is 155 Å². The van der Waals surface area contributed by atoms with E-state index in [9.17, 15) is 73.9 Å². The normalized spacial score (nSPS) is 16.6. The first-order valence-electron chi connectivity index (χ1n) is 39.9. The molecule has 4 fully saturated rings. The number of aryl methyl sites for hydroxylation is 3. The predicted octanol–water partition coefficient (Wildman–Crippen LogP) is 15.1. The summed E-state index contributed by atoms with van der Waals surface area (Å²) >= 11 is 42.2. The number of nitrogens with zero attached hydrogens (tertiary/aromatic N) is 17. The van der Waals surface area contributed by atoms with Crippen LogP contribution in [-0.4, -0.2) is 254 Å². The number of nitrogens with one attached hydrogen (secondary N) is 4. The van der Waals surface area contributed by atoms with Gasteiger partial charge in [0.1, 0.15) is 109 Å². The number of imidazole rings is 1. The smallest absolute Gasteiger partial charge is 0.411 e. The fourth-order valence-corrected chi connectivity index (χ4v) is 16.8. The number of likely N-dealkylation sites (tertiary alicyclic amines) is 3. The maximum absolute atomic E-state index is 14.3. The van der Waals surface area contributed by atoms with Gasteiger partial charge >= 0.3 is 24.1 Å². The lowest BCUT2D eigenvalue weighted by Gasteiger charge is -2.27. The van der Waals surface area contributed by atoms with Crippen LogP contribution >= 0.6 is 158 Å². The Morgan fingerprint density at radius 2 is 0.930 bits per heavy atom. The fraction of sp³-hybridized carbons (Fsp3) is 0.405. The number of alkyl halides is 4. The second-order valence-electron chi connectivity index (χ2n) is 31.0. The van der Waals surface area contributed by atoms with Crippen LogP contribution in [0.25, 0.3) is 44.1 Å². The Bertz CT molecular complexity index is 6320. The molecule has 143 heavy (non-hydrogen) atoms. The first kappa shape index (κ1) is 132. The van der Waals surface area contributed by atoms with Gasteiger partial charge in [0, 0.05) is 238 Å². The minimum atomic E-state index is -3.19. The number of fused-ring (bicyclic) bond motifs is 2. The van der Waals surface area contributed by atoms with E-state index >= 15 is 0 Å². The van der Waals surface area contributed by atoms with Crippen LogP contribution in [0.15, 0.2) is 120 Å². The van der Waals surface area contributed by atoms with Gasteiger partial charge in [0.05, 0.1) is 49.3 Å². The molecule has 13 heterocycles. The number of carbonyl (C=O) groups is 10. The third kappa shape index (κ3) is 46.4. The molecule has 0 unspecified atom stereocenters. The summed E-state index contributed by atoms with van der Waals surface area (Å²) in [4.78, 5) is 159. The Morgan fingerprint density at radius 3 is 1.22 bits per heavy atom. The molecule has 0 spiro atoms. The number of carbonyl (C=O) groups excluding carboxylic acids is 8. The summed E-state index contributed by atoms with van der Waals surface area (Å²) in [6, 6.07) is 7.37. The molecule has 8 atom stereocenters. The number of carboxylic acid groups (broad SMARTS) is 2. The van der Waals surface area contributed by atoms with Crippen LogP contribution in [0.1, 0.15) is 114 Å². The van der Waals surface area contributed by atoms with E-state index < -0.39 is 111 Å². The van der Waals surface area contributed by atoms with Gasteiger partial charge in [-0.1, -0.05) is 12.1 Å². The number of ether oxygens (including phenoxy) is 2. The highest BCUT2D eigenvalue weighted by Gasteiger charge is 2.45. The molecule has 6 amide bonds. The maximum atomic E-state index is 14.3. The monoisotopic (exact) mass is 2580 g/mol. The molecular weight excluding hydrogens is 2500 g/mol. The SMILES string of the molecule is CC(=O)c1nn(CC(=O)N2C[C@H](F)C[C@H]2C(=O)Nc2nc(Br)cs2)c2ccc(-c3cnc(C)nc3)cc12.CC(=O)c1nn(CC(=O)O)c2ccc(-c3cnc(C)nc3)cc12.CC(C)(C)OC(=O)N1C[C@H](F)C[C@H]1C(=O)Nc1nc(Br)cs1.CC(C)(C)OC(=O)N1C[C@H](F)C[C@H]1C(=O)O.CS(=O)(=O)Cl.Cl.Cl.Cn1ccnc1.Nc1nc(Br)cs1.O=C(Nc1nc(Br)cs1)[C@@H]1C[C@@H](F)CN1.S.S=S.S=S=S.S=S=S=S. The molecule has 38 nitrogen and oxygen atoms in total. The number of anilines is 4. The van der Waals surface area contributed by atoms with E-state index in [-0.39, 0.29) is 132 Å². The predicted molar refractivity (Wildman–Crippen MR) is 590 cm³/mol. The number of hydrogen-bond acceptors (Lipinski definition) is 37. The van der Waals surface area contributed by atoms with Crippen molar-refractivity contribution in [2.75, 3.05) is 54.1 Å². The Morgan fingerprint density at radius 1 is 0.573 bits per heavy atom. The van der Waals surface area contributed by atoms with Crippen LogP contribution in [0.5, 0.6) is 0 Å². The topological polar surface area (TPSA) is 504 Å². The van der Waals surface area contributed by atoms with Crippen LogP contribution in [0, 0.1) is 13.8 Å². The van der Waals surface area contributed by atoms with Gasteiger partial charge in [0.25, 0.3) is 0 Å². The van der Waals surface area contributed by atoms with E-state index in [1.165, 1.54) is 91.2 Å². The van der Waals surface area contributed by atoms with Gasteiger partial charge in [-0.15, -0.1) is 70.2 Å². The lowest BCUT2D eigenvalue weighted by Crippen LogP contribution is -2.45. The maximum Gasteiger partial charge on any atom is 0.411 e. The molecule has 4 aliphatic rings. The quantitative estimate of drug-likeness (QED) is 0.0285. The Labute approximate surface area is 929 Å².